The molecule has 106 valence electrons. The maximum atomic E-state index is 9.82. The van der Waals surface area contributed by atoms with Gasteiger partial charge in [-0.15, -0.1) is 0 Å². The Bertz CT molecular complexity index is 584. The SMILES string of the molecule is CN(C)Cc1ccccc1NCc1cc(Cl)ccc1O. The van der Waals surface area contributed by atoms with Crippen LogP contribution in [0.5, 0.6) is 5.75 Å². The number of rotatable bonds is 5. The first kappa shape index (κ1) is 14.7. The van der Waals surface area contributed by atoms with E-state index in [-0.39, 0.29) is 5.75 Å². The summed E-state index contributed by atoms with van der Waals surface area (Å²) in [5.74, 6) is 0.256. The summed E-state index contributed by atoms with van der Waals surface area (Å²) in [6.07, 6.45) is 0. The van der Waals surface area contributed by atoms with Crippen LogP contribution in [-0.4, -0.2) is 24.1 Å². The first-order valence-corrected chi connectivity index (χ1v) is 6.88. The van der Waals surface area contributed by atoms with Gasteiger partial charge in [-0.3, -0.25) is 0 Å². The average Bonchev–Trinajstić information content (AvgIpc) is 2.41. The quantitative estimate of drug-likeness (QED) is 0.881. The summed E-state index contributed by atoms with van der Waals surface area (Å²) in [4.78, 5) is 2.12. The van der Waals surface area contributed by atoms with Gasteiger partial charge in [0.1, 0.15) is 5.75 Å². The molecule has 0 radical (unpaired) electrons. The zero-order valence-electron chi connectivity index (χ0n) is 11.7. The number of benzene rings is 2. The van der Waals surface area contributed by atoms with Crippen molar-refractivity contribution in [2.45, 2.75) is 13.1 Å². The summed E-state index contributed by atoms with van der Waals surface area (Å²) in [5.41, 5.74) is 3.08. The van der Waals surface area contributed by atoms with Gasteiger partial charge in [-0.1, -0.05) is 29.8 Å². The monoisotopic (exact) mass is 290 g/mol. The van der Waals surface area contributed by atoms with E-state index in [0.717, 1.165) is 17.8 Å². The molecule has 0 fully saturated rings. The molecule has 0 saturated heterocycles. The van der Waals surface area contributed by atoms with Gasteiger partial charge in [0.05, 0.1) is 0 Å². The maximum Gasteiger partial charge on any atom is 0.120 e. The third kappa shape index (κ3) is 3.89. The van der Waals surface area contributed by atoms with Crippen molar-refractivity contribution < 1.29 is 5.11 Å². The lowest BCUT2D eigenvalue weighted by Crippen LogP contribution is -2.12. The van der Waals surface area contributed by atoms with Crippen LogP contribution >= 0.6 is 11.6 Å². The molecule has 0 aliphatic carbocycles. The molecule has 0 unspecified atom stereocenters. The second-order valence-corrected chi connectivity index (χ2v) is 5.46. The fourth-order valence-corrected chi connectivity index (χ4v) is 2.25. The van der Waals surface area contributed by atoms with E-state index in [1.54, 1.807) is 18.2 Å². The number of halogens is 1. The summed E-state index contributed by atoms with van der Waals surface area (Å²) < 4.78 is 0. The van der Waals surface area contributed by atoms with Crippen molar-refractivity contribution in [1.29, 1.82) is 0 Å². The van der Waals surface area contributed by atoms with E-state index in [1.165, 1.54) is 5.56 Å². The lowest BCUT2D eigenvalue weighted by molar-refractivity contribution is 0.403. The van der Waals surface area contributed by atoms with Gasteiger partial charge >= 0.3 is 0 Å². The zero-order valence-corrected chi connectivity index (χ0v) is 12.5. The number of phenolic OH excluding ortho intramolecular Hbond substituents is 1. The number of hydrogen-bond acceptors (Lipinski definition) is 3. The molecule has 4 heteroatoms. The molecule has 0 aromatic heterocycles. The Morgan fingerprint density at radius 2 is 1.85 bits per heavy atom. The van der Waals surface area contributed by atoms with E-state index in [1.807, 2.05) is 32.3 Å². The molecule has 2 aromatic carbocycles. The summed E-state index contributed by atoms with van der Waals surface area (Å²) in [5, 5.41) is 13.8. The fourth-order valence-electron chi connectivity index (χ4n) is 2.06. The minimum absolute atomic E-state index is 0.256. The number of nitrogens with zero attached hydrogens (tertiary/aromatic N) is 1. The Labute approximate surface area is 124 Å². The van der Waals surface area contributed by atoms with E-state index < -0.39 is 0 Å². The smallest absolute Gasteiger partial charge is 0.120 e. The Balaban J connectivity index is 2.12. The average molecular weight is 291 g/mol. The number of aromatic hydroxyl groups is 1. The molecular formula is C16H19ClN2O. The Morgan fingerprint density at radius 1 is 1.10 bits per heavy atom. The zero-order chi connectivity index (χ0) is 14.5. The van der Waals surface area contributed by atoms with Gasteiger partial charge in [-0.25, -0.2) is 0 Å². The summed E-state index contributed by atoms with van der Waals surface area (Å²) in [6.45, 7) is 1.40. The highest BCUT2D eigenvalue weighted by molar-refractivity contribution is 6.30. The lowest BCUT2D eigenvalue weighted by atomic mass is 10.1. The molecule has 3 nitrogen and oxygen atoms in total. The second kappa shape index (κ2) is 6.64. The summed E-state index contributed by atoms with van der Waals surface area (Å²) in [7, 11) is 4.08. The Hall–Kier alpha value is -1.71. The molecule has 0 heterocycles. The highest BCUT2D eigenvalue weighted by Gasteiger charge is 2.05. The molecular weight excluding hydrogens is 272 g/mol. The van der Waals surface area contributed by atoms with Gasteiger partial charge in [0.15, 0.2) is 0 Å². The first-order valence-electron chi connectivity index (χ1n) is 6.50. The Morgan fingerprint density at radius 3 is 2.60 bits per heavy atom. The van der Waals surface area contributed by atoms with Crippen molar-refractivity contribution in [2.24, 2.45) is 0 Å². The highest BCUT2D eigenvalue weighted by atomic mass is 35.5. The number of phenols is 1. The van der Waals surface area contributed by atoms with Crippen LogP contribution in [-0.2, 0) is 13.1 Å². The molecule has 0 amide bonds. The number of para-hydroxylation sites is 1. The molecule has 0 bridgehead atoms. The number of hydrogen-bond donors (Lipinski definition) is 2. The van der Waals surface area contributed by atoms with Crippen molar-refractivity contribution in [1.82, 2.24) is 4.90 Å². The van der Waals surface area contributed by atoms with Gasteiger partial charge in [0.2, 0.25) is 0 Å². The van der Waals surface area contributed by atoms with Gasteiger partial charge in [-0.05, 0) is 43.9 Å². The van der Waals surface area contributed by atoms with E-state index >= 15 is 0 Å². The van der Waals surface area contributed by atoms with E-state index in [4.69, 9.17) is 11.6 Å². The van der Waals surface area contributed by atoms with Crippen LogP contribution in [0, 0.1) is 0 Å². The topological polar surface area (TPSA) is 35.5 Å². The largest absolute Gasteiger partial charge is 0.508 e. The summed E-state index contributed by atoms with van der Waals surface area (Å²) in [6, 6.07) is 13.2. The van der Waals surface area contributed by atoms with Crippen molar-refractivity contribution in [3.8, 4) is 5.75 Å². The molecule has 0 spiro atoms. The van der Waals surface area contributed by atoms with Crippen LogP contribution in [0.3, 0.4) is 0 Å². The van der Waals surface area contributed by atoms with Crippen molar-refractivity contribution >= 4 is 17.3 Å². The van der Waals surface area contributed by atoms with Crippen LogP contribution in [0.4, 0.5) is 5.69 Å². The molecule has 0 aliphatic rings. The van der Waals surface area contributed by atoms with E-state index in [9.17, 15) is 5.11 Å². The lowest BCUT2D eigenvalue weighted by Gasteiger charge is -2.16. The molecule has 20 heavy (non-hydrogen) atoms. The Kier molecular flexibility index (Phi) is 4.88. The minimum atomic E-state index is 0.256. The number of nitrogens with one attached hydrogen (secondary N) is 1. The molecule has 0 aliphatic heterocycles. The van der Waals surface area contributed by atoms with Crippen molar-refractivity contribution in [3.63, 3.8) is 0 Å². The predicted molar refractivity (Wildman–Crippen MR) is 84.3 cm³/mol. The van der Waals surface area contributed by atoms with E-state index in [2.05, 4.69) is 16.3 Å². The predicted octanol–water partition coefficient (Wildman–Crippen LogP) is 3.72. The molecule has 2 aromatic rings. The number of anilines is 1. The summed E-state index contributed by atoms with van der Waals surface area (Å²) >= 11 is 5.95. The van der Waals surface area contributed by atoms with Crippen LogP contribution < -0.4 is 5.32 Å². The third-order valence-electron chi connectivity index (χ3n) is 3.01. The van der Waals surface area contributed by atoms with Gasteiger partial charge in [0, 0.05) is 29.4 Å². The third-order valence-corrected chi connectivity index (χ3v) is 3.25. The fraction of sp³-hybridized carbons (Fsp3) is 0.250. The maximum absolute atomic E-state index is 9.82. The molecule has 2 N–H and O–H groups in total. The van der Waals surface area contributed by atoms with Crippen LogP contribution in [0.1, 0.15) is 11.1 Å². The van der Waals surface area contributed by atoms with E-state index in [0.29, 0.717) is 11.6 Å². The van der Waals surface area contributed by atoms with Gasteiger partial charge in [-0.2, -0.15) is 0 Å². The van der Waals surface area contributed by atoms with Crippen LogP contribution in [0.25, 0.3) is 0 Å². The van der Waals surface area contributed by atoms with Crippen molar-refractivity contribution in [3.05, 3.63) is 58.6 Å². The molecule has 0 atom stereocenters. The van der Waals surface area contributed by atoms with Crippen LogP contribution in [0.15, 0.2) is 42.5 Å². The van der Waals surface area contributed by atoms with Gasteiger partial charge < -0.3 is 15.3 Å². The first-order chi connectivity index (χ1) is 9.56. The second-order valence-electron chi connectivity index (χ2n) is 5.02. The standard InChI is InChI=1S/C16H19ClN2O/c1-19(2)11-12-5-3-4-6-15(12)18-10-13-9-14(17)7-8-16(13)20/h3-9,18,20H,10-11H2,1-2H3. The highest BCUT2D eigenvalue weighted by Crippen LogP contribution is 2.23. The van der Waals surface area contributed by atoms with Gasteiger partial charge in [0.25, 0.3) is 0 Å². The minimum Gasteiger partial charge on any atom is -0.508 e. The van der Waals surface area contributed by atoms with Crippen molar-refractivity contribution in [2.75, 3.05) is 19.4 Å². The molecule has 2 rings (SSSR count). The van der Waals surface area contributed by atoms with Crippen LogP contribution in [0.2, 0.25) is 5.02 Å². The normalized spacial score (nSPS) is 10.8. The molecule has 0 saturated carbocycles.